The Hall–Kier alpha value is -0.690. The van der Waals surface area contributed by atoms with Crippen molar-refractivity contribution in [3.63, 3.8) is 0 Å². The number of rotatable bonds is 6. The summed E-state index contributed by atoms with van der Waals surface area (Å²) >= 11 is 0. The van der Waals surface area contributed by atoms with Crippen LogP contribution >= 0.6 is 0 Å². The number of carbonyl (C=O) groups is 1. The van der Waals surface area contributed by atoms with Crippen molar-refractivity contribution in [1.29, 1.82) is 0 Å². The second-order valence-corrected chi connectivity index (χ2v) is 7.14. The highest BCUT2D eigenvalue weighted by molar-refractivity contribution is 5.81. The van der Waals surface area contributed by atoms with Gasteiger partial charge in [-0.1, -0.05) is 0 Å². The molecule has 2 rings (SSSR count). The van der Waals surface area contributed by atoms with E-state index in [1.165, 1.54) is 6.42 Å². The number of carbonyl (C=O) groups excluding carboxylic acids is 1. The van der Waals surface area contributed by atoms with Gasteiger partial charge in [-0.2, -0.15) is 0 Å². The highest BCUT2D eigenvalue weighted by Crippen LogP contribution is 2.22. The first kappa shape index (κ1) is 18.6. The van der Waals surface area contributed by atoms with Crippen LogP contribution in [0.3, 0.4) is 0 Å². The third kappa shape index (κ3) is 5.71. The van der Waals surface area contributed by atoms with Gasteiger partial charge in [0, 0.05) is 33.3 Å². The van der Waals surface area contributed by atoms with Crippen molar-refractivity contribution in [3.05, 3.63) is 0 Å². The predicted molar refractivity (Wildman–Crippen MR) is 90.2 cm³/mol. The van der Waals surface area contributed by atoms with Gasteiger partial charge in [0.1, 0.15) is 6.04 Å². The first-order chi connectivity index (χ1) is 11.0. The highest BCUT2D eigenvalue weighted by atomic mass is 16.5. The van der Waals surface area contributed by atoms with Crippen LogP contribution in [-0.4, -0.2) is 80.4 Å². The molecule has 0 aromatic rings. The van der Waals surface area contributed by atoms with Crippen molar-refractivity contribution in [1.82, 2.24) is 9.80 Å². The van der Waals surface area contributed by atoms with E-state index in [0.29, 0.717) is 24.7 Å². The lowest BCUT2D eigenvalue weighted by atomic mass is 9.93. The average Bonchev–Trinajstić information content (AvgIpc) is 2.52. The molecule has 1 amide bonds. The van der Waals surface area contributed by atoms with Gasteiger partial charge in [0.15, 0.2) is 0 Å². The maximum Gasteiger partial charge on any atom is 0.241 e. The Morgan fingerprint density at radius 3 is 2.43 bits per heavy atom. The molecule has 2 saturated heterocycles. The van der Waals surface area contributed by atoms with E-state index in [-0.39, 0.29) is 5.91 Å². The Morgan fingerprint density at radius 2 is 1.87 bits per heavy atom. The molecule has 3 atom stereocenters. The van der Waals surface area contributed by atoms with Gasteiger partial charge in [-0.25, -0.2) is 0 Å². The van der Waals surface area contributed by atoms with E-state index in [4.69, 9.17) is 15.2 Å². The van der Waals surface area contributed by atoms with Gasteiger partial charge in [0.2, 0.25) is 5.91 Å². The van der Waals surface area contributed by atoms with Crippen molar-refractivity contribution in [3.8, 4) is 0 Å². The molecule has 6 nitrogen and oxygen atoms in total. The van der Waals surface area contributed by atoms with Gasteiger partial charge in [0.25, 0.3) is 0 Å². The molecule has 2 N–H and O–H groups in total. The molecular weight excluding hydrogens is 294 g/mol. The molecule has 0 radical (unpaired) electrons. The Balaban J connectivity index is 1.67. The Bertz CT molecular complexity index is 362. The summed E-state index contributed by atoms with van der Waals surface area (Å²) in [6.07, 6.45) is 4.05. The number of likely N-dealkylation sites (tertiary alicyclic amines) is 1. The molecule has 2 heterocycles. The maximum atomic E-state index is 12.2. The summed E-state index contributed by atoms with van der Waals surface area (Å²) in [5, 5.41) is 0. The van der Waals surface area contributed by atoms with Crippen molar-refractivity contribution in [2.45, 2.75) is 51.4 Å². The summed E-state index contributed by atoms with van der Waals surface area (Å²) in [7, 11) is 1.58. The van der Waals surface area contributed by atoms with E-state index in [0.717, 1.165) is 45.6 Å². The highest BCUT2D eigenvalue weighted by Gasteiger charge is 2.27. The van der Waals surface area contributed by atoms with Crippen LogP contribution in [0.2, 0.25) is 0 Å². The van der Waals surface area contributed by atoms with Crippen LogP contribution in [-0.2, 0) is 14.3 Å². The molecular formula is C17H33N3O3. The number of morpholine rings is 1. The van der Waals surface area contributed by atoms with E-state index in [1.54, 1.807) is 7.11 Å². The number of hydrogen-bond donors (Lipinski definition) is 1. The number of ether oxygens (including phenoxy) is 2. The number of piperidine rings is 1. The third-order valence-corrected chi connectivity index (χ3v) is 4.94. The molecule has 6 heteroatoms. The van der Waals surface area contributed by atoms with E-state index in [1.807, 2.05) is 4.90 Å². The lowest BCUT2D eigenvalue weighted by molar-refractivity contribution is -0.135. The lowest BCUT2D eigenvalue weighted by Crippen LogP contribution is -2.49. The molecule has 0 aliphatic carbocycles. The minimum atomic E-state index is -0.520. The zero-order valence-corrected chi connectivity index (χ0v) is 14.9. The Labute approximate surface area is 140 Å². The minimum absolute atomic E-state index is 0.0288. The number of nitrogens with two attached hydrogens (primary N) is 1. The Kier molecular flexibility index (Phi) is 7.27. The van der Waals surface area contributed by atoms with Gasteiger partial charge in [0.05, 0.1) is 18.8 Å². The number of methoxy groups -OCH3 is 1. The van der Waals surface area contributed by atoms with Gasteiger partial charge in [-0.15, -0.1) is 0 Å². The summed E-state index contributed by atoms with van der Waals surface area (Å²) in [5.74, 6) is 0.743. The van der Waals surface area contributed by atoms with Gasteiger partial charge >= 0.3 is 0 Å². The zero-order chi connectivity index (χ0) is 16.8. The number of nitrogens with zero attached hydrogens (tertiary/aromatic N) is 2. The maximum absolute atomic E-state index is 12.2. The van der Waals surface area contributed by atoms with E-state index in [9.17, 15) is 4.79 Å². The molecule has 0 saturated carbocycles. The average molecular weight is 327 g/mol. The van der Waals surface area contributed by atoms with Crippen LogP contribution in [0.15, 0.2) is 0 Å². The summed E-state index contributed by atoms with van der Waals surface area (Å²) in [5.41, 5.74) is 5.84. The monoisotopic (exact) mass is 327 g/mol. The molecule has 0 spiro atoms. The predicted octanol–water partition coefficient (Wildman–Crippen LogP) is 0.698. The first-order valence-electron chi connectivity index (χ1n) is 8.90. The zero-order valence-electron chi connectivity index (χ0n) is 14.9. The molecule has 2 fully saturated rings. The molecule has 134 valence electrons. The van der Waals surface area contributed by atoms with Crippen LogP contribution in [0.5, 0.6) is 0 Å². The molecule has 3 unspecified atom stereocenters. The lowest BCUT2D eigenvalue weighted by Gasteiger charge is -2.37. The second-order valence-electron chi connectivity index (χ2n) is 7.14. The summed E-state index contributed by atoms with van der Waals surface area (Å²) in [6, 6.07) is -0.520. The standard InChI is InChI=1S/C17H33N3O3/c1-13-10-19(11-14(2)23-13)7-4-15-5-8-20(9-6-15)17(21)16(18)12-22-3/h13-16H,4-12,18H2,1-3H3. The first-order valence-corrected chi connectivity index (χ1v) is 8.90. The fourth-order valence-electron chi connectivity index (χ4n) is 3.76. The topological polar surface area (TPSA) is 68.0 Å². The van der Waals surface area contributed by atoms with Crippen molar-refractivity contribution in [2.75, 3.05) is 46.4 Å². The molecule has 23 heavy (non-hydrogen) atoms. The fraction of sp³-hybridized carbons (Fsp3) is 0.941. The number of hydrogen-bond acceptors (Lipinski definition) is 5. The van der Waals surface area contributed by atoms with Crippen LogP contribution in [0.25, 0.3) is 0 Å². The van der Waals surface area contributed by atoms with Gasteiger partial charge in [-0.3, -0.25) is 9.69 Å². The van der Waals surface area contributed by atoms with Crippen LogP contribution < -0.4 is 5.73 Å². The molecule has 0 bridgehead atoms. The van der Waals surface area contributed by atoms with Crippen LogP contribution in [0, 0.1) is 5.92 Å². The van der Waals surface area contributed by atoms with E-state index < -0.39 is 6.04 Å². The van der Waals surface area contributed by atoms with E-state index in [2.05, 4.69) is 18.7 Å². The summed E-state index contributed by atoms with van der Waals surface area (Å²) in [6.45, 7) is 9.47. The minimum Gasteiger partial charge on any atom is -0.383 e. The smallest absolute Gasteiger partial charge is 0.241 e. The summed E-state index contributed by atoms with van der Waals surface area (Å²) < 4.78 is 10.8. The van der Waals surface area contributed by atoms with Gasteiger partial charge < -0.3 is 20.1 Å². The molecule has 2 aliphatic heterocycles. The second kappa shape index (κ2) is 8.97. The van der Waals surface area contributed by atoms with Crippen LogP contribution in [0.4, 0.5) is 0 Å². The van der Waals surface area contributed by atoms with Crippen LogP contribution in [0.1, 0.15) is 33.1 Å². The molecule has 2 aliphatic rings. The largest absolute Gasteiger partial charge is 0.383 e. The van der Waals surface area contributed by atoms with E-state index >= 15 is 0 Å². The third-order valence-electron chi connectivity index (χ3n) is 4.94. The molecule has 0 aromatic carbocycles. The fourth-order valence-corrected chi connectivity index (χ4v) is 3.76. The molecule has 0 aromatic heterocycles. The van der Waals surface area contributed by atoms with Crippen molar-refractivity contribution >= 4 is 5.91 Å². The Morgan fingerprint density at radius 1 is 1.26 bits per heavy atom. The number of amides is 1. The van der Waals surface area contributed by atoms with Crippen molar-refractivity contribution < 1.29 is 14.3 Å². The normalized spacial score (nSPS) is 28.8. The summed E-state index contributed by atoms with van der Waals surface area (Å²) in [4.78, 5) is 16.6. The quantitative estimate of drug-likeness (QED) is 0.778. The van der Waals surface area contributed by atoms with Gasteiger partial charge in [-0.05, 0) is 45.6 Å². The van der Waals surface area contributed by atoms with Crippen molar-refractivity contribution in [2.24, 2.45) is 11.7 Å². The SMILES string of the molecule is COCC(N)C(=O)N1CCC(CCN2CC(C)OC(C)C2)CC1.